The Hall–Kier alpha value is -5.21. The van der Waals surface area contributed by atoms with Crippen molar-refractivity contribution in [3.63, 3.8) is 0 Å². The number of hydrogen-bond donors (Lipinski definition) is 0. The van der Waals surface area contributed by atoms with E-state index in [0.717, 1.165) is 25.8 Å². The van der Waals surface area contributed by atoms with Crippen LogP contribution in [0.3, 0.4) is 0 Å². The fraction of sp³-hybridized carbons (Fsp3) is 0.260. The Kier molecular flexibility index (Phi) is 8.74. The van der Waals surface area contributed by atoms with Crippen LogP contribution in [0.25, 0.3) is 21.5 Å². The van der Waals surface area contributed by atoms with Crippen molar-refractivity contribution in [2.45, 2.75) is 64.7 Å². The molecule has 2 nitrogen and oxygen atoms in total. The zero-order valence-electron chi connectivity index (χ0n) is 31.7. The van der Waals surface area contributed by atoms with Gasteiger partial charge in [-0.1, -0.05) is 135 Å². The van der Waals surface area contributed by atoms with Crippen LogP contribution in [0.4, 0.5) is 11.4 Å². The van der Waals surface area contributed by atoms with Crippen molar-refractivity contribution in [2.75, 3.05) is 18.5 Å². The summed E-state index contributed by atoms with van der Waals surface area (Å²) >= 11 is 0. The van der Waals surface area contributed by atoms with Gasteiger partial charge in [-0.2, -0.15) is 4.58 Å². The molecule has 2 aliphatic rings. The zero-order valence-corrected chi connectivity index (χ0v) is 31.7. The first-order valence-electron chi connectivity index (χ1n) is 19.1. The first-order valence-corrected chi connectivity index (χ1v) is 19.1. The molecule has 6 aromatic rings. The molecule has 0 N–H and O–H groups in total. The van der Waals surface area contributed by atoms with Crippen LogP contribution in [0.1, 0.15) is 61.9 Å². The minimum Gasteiger partial charge on any atom is -0.344 e. The van der Waals surface area contributed by atoms with Crippen LogP contribution in [-0.4, -0.2) is 23.9 Å². The van der Waals surface area contributed by atoms with Crippen LogP contribution in [0.2, 0.25) is 0 Å². The molecule has 6 aromatic carbocycles. The van der Waals surface area contributed by atoms with Gasteiger partial charge in [-0.05, 0) is 103 Å². The highest BCUT2D eigenvalue weighted by molar-refractivity contribution is 6.08. The van der Waals surface area contributed by atoms with Gasteiger partial charge in [0.2, 0.25) is 5.69 Å². The molecule has 0 amide bonds. The molecule has 0 fully saturated rings. The first kappa shape index (κ1) is 33.9. The second-order valence-corrected chi connectivity index (χ2v) is 16.0. The molecule has 0 bridgehead atoms. The van der Waals surface area contributed by atoms with Crippen molar-refractivity contribution in [1.29, 1.82) is 0 Å². The van der Waals surface area contributed by atoms with Crippen molar-refractivity contribution in [3.8, 4) is 0 Å². The highest BCUT2D eigenvalue weighted by atomic mass is 15.2. The molecule has 0 aromatic heterocycles. The van der Waals surface area contributed by atoms with Gasteiger partial charge >= 0.3 is 0 Å². The summed E-state index contributed by atoms with van der Waals surface area (Å²) in [6.45, 7) is 12.9. The Labute approximate surface area is 310 Å². The van der Waals surface area contributed by atoms with Gasteiger partial charge in [0.05, 0.1) is 10.8 Å². The number of aryl methyl sites for hydroxylation is 1. The van der Waals surface area contributed by atoms with Crippen LogP contribution in [-0.2, 0) is 23.7 Å². The third-order valence-corrected chi connectivity index (χ3v) is 12.0. The fourth-order valence-electron chi connectivity index (χ4n) is 9.30. The lowest BCUT2D eigenvalue weighted by molar-refractivity contribution is -0.399. The van der Waals surface area contributed by atoms with Crippen LogP contribution in [0.15, 0.2) is 151 Å². The van der Waals surface area contributed by atoms with E-state index >= 15 is 0 Å². The van der Waals surface area contributed by atoms with Crippen molar-refractivity contribution in [1.82, 2.24) is 0 Å². The SMILES string of the molecule is Cc1ccccc1CC1(C)/C(=C\C=C\C2=[N+](C)c3c(ccc4ccccc34)C2(C)Cc2ccccc2)N(CCC(C)C)c2ccc3ccccc3c21. The molecule has 8 rings (SSSR count). The Morgan fingerprint density at radius 3 is 2.10 bits per heavy atom. The van der Waals surface area contributed by atoms with Crippen molar-refractivity contribution >= 4 is 38.6 Å². The second kappa shape index (κ2) is 13.4. The van der Waals surface area contributed by atoms with Crippen molar-refractivity contribution in [3.05, 3.63) is 179 Å². The molecule has 2 atom stereocenters. The van der Waals surface area contributed by atoms with Crippen molar-refractivity contribution in [2.24, 2.45) is 5.92 Å². The number of rotatable bonds is 9. The zero-order chi connectivity index (χ0) is 36.0. The number of benzene rings is 6. The number of hydrogen-bond acceptors (Lipinski definition) is 1. The number of anilines is 1. The number of fused-ring (bicyclic) bond motifs is 6. The van der Waals surface area contributed by atoms with Gasteiger partial charge < -0.3 is 4.90 Å². The maximum Gasteiger partial charge on any atom is 0.217 e. The standard InChI is InChI=1S/C50H51N2/c1-35(2)31-32-52-44-30-28-38-20-12-14-23-41(38)47(44)50(5,34-40-22-11-10-17-36(40)3)46(52)26-16-25-45-49(4,33-37-18-8-7-9-19-37)43-29-27-39-21-13-15-24-42(39)48(43)51(45)6/h7-30,35H,31-34H2,1-6H3/q+1. The van der Waals surface area contributed by atoms with Crippen molar-refractivity contribution < 1.29 is 4.58 Å². The average Bonchev–Trinajstić information content (AvgIpc) is 3.51. The van der Waals surface area contributed by atoms with E-state index in [1.54, 1.807) is 0 Å². The van der Waals surface area contributed by atoms with E-state index in [9.17, 15) is 0 Å². The Morgan fingerprint density at radius 1 is 0.692 bits per heavy atom. The summed E-state index contributed by atoms with van der Waals surface area (Å²) in [5.74, 6) is 0.610. The van der Waals surface area contributed by atoms with Gasteiger partial charge in [-0.25, -0.2) is 0 Å². The highest BCUT2D eigenvalue weighted by Gasteiger charge is 2.48. The van der Waals surface area contributed by atoms with E-state index in [0.29, 0.717) is 5.92 Å². The fourth-order valence-corrected chi connectivity index (χ4v) is 9.30. The lowest BCUT2D eigenvalue weighted by atomic mass is 9.73. The lowest BCUT2D eigenvalue weighted by Crippen LogP contribution is -2.33. The van der Waals surface area contributed by atoms with E-state index in [2.05, 4.69) is 197 Å². The molecule has 0 spiro atoms. The molecule has 2 heterocycles. The third kappa shape index (κ3) is 5.70. The van der Waals surface area contributed by atoms with Gasteiger partial charge in [0, 0.05) is 35.0 Å². The summed E-state index contributed by atoms with van der Waals surface area (Å²) in [5, 5.41) is 5.27. The summed E-state index contributed by atoms with van der Waals surface area (Å²) in [6, 6.07) is 47.2. The molecule has 0 radical (unpaired) electrons. The molecular weight excluding hydrogens is 629 g/mol. The minimum atomic E-state index is -0.220. The van der Waals surface area contributed by atoms with Crippen LogP contribution in [0, 0.1) is 12.8 Å². The van der Waals surface area contributed by atoms with Gasteiger partial charge in [0.15, 0.2) is 5.71 Å². The maximum atomic E-state index is 2.65. The predicted octanol–water partition coefficient (Wildman–Crippen LogP) is 12.0. The maximum absolute atomic E-state index is 2.65. The number of nitrogens with zero attached hydrogens (tertiary/aromatic N) is 2. The molecule has 0 aliphatic carbocycles. The third-order valence-electron chi connectivity index (χ3n) is 12.0. The van der Waals surface area contributed by atoms with E-state index in [4.69, 9.17) is 0 Å². The Morgan fingerprint density at radius 2 is 1.35 bits per heavy atom. The van der Waals surface area contributed by atoms with E-state index < -0.39 is 0 Å². The summed E-state index contributed by atoms with van der Waals surface area (Å²) < 4.78 is 2.47. The molecule has 2 unspecified atom stereocenters. The van der Waals surface area contributed by atoms with Crippen LogP contribution < -0.4 is 4.90 Å². The second-order valence-electron chi connectivity index (χ2n) is 16.0. The quantitative estimate of drug-likeness (QED) is 0.138. The minimum absolute atomic E-state index is 0.193. The van der Waals surface area contributed by atoms with E-state index in [1.165, 1.54) is 72.1 Å². The Balaban J connectivity index is 1.31. The normalized spacial score (nSPS) is 20.6. The molecule has 52 heavy (non-hydrogen) atoms. The molecule has 260 valence electrons. The molecule has 2 heteroatoms. The summed E-state index contributed by atoms with van der Waals surface area (Å²) in [6.07, 6.45) is 10.2. The average molecular weight is 680 g/mol. The van der Waals surface area contributed by atoms with E-state index in [1.807, 2.05) is 0 Å². The van der Waals surface area contributed by atoms with Crippen LogP contribution in [0.5, 0.6) is 0 Å². The molecule has 0 saturated carbocycles. The van der Waals surface area contributed by atoms with Gasteiger partial charge in [0.1, 0.15) is 7.05 Å². The van der Waals surface area contributed by atoms with Gasteiger partial charge in [-0.15, -0.1) is 0 Å². The summed E-state index contributed by atoms with van der Waals surface area (Å²) in [7, 11) is 2.27. The first-order chi connectivity index (χ1) is 25.2. The largest absolute Gasteiger partial charge is 0.344 e. The van der Waals surface area contributed by atoms with E-state index in [-0.39, 0.29) is 10.8 Å². The predicted molar refractivity (Wildman–Crippen MR) is 223 cm³/mol. The number of allylic oxidation sites excluding steroid dienone is 4. The highest BCUT2D eigenvalue weighted by Crippen LogP contribution is 2.53. The molecule has 0 saturated heterocycles. The Bertz CT molecular complexity index is 2390. The smallest absolute Gasteiger partial charge is 0.217 e. The van der Waals surface area contributed by atoms with Gasteiger partial charge in [-0.3, -0.25) is 0 Å². The van der Waals surface area contributed by atoms with Crippen LogP contribution >= 0.6 is 0 Å². The lowest BCUT2D eigenvalue weighted by Gasteiger charge is -2.32. The van der Waals surface area contributed by atoms with Gasteiger partial charge in [0.25, 0.3) is 0 Å². The topological polar surface area (TPSA) is 6.25 Å². The summed E-state index contributed by atoms with van der Waals surface area (Å²) in [4.78, 5) is 2.65. The summed E-state index contributed by atoms with van der Waals surface area (Å²) in [5.41, 5.74) is 11.9. The molecule has 2 aliphatic heterocycles. The monoisotopic (exact) mass is 679 g/mol. The molecular formula is C50H51N2+.